The zero-order valence-electron chi connectivity index (χ0n) is 21.9. The molecule has 1 unspecified atom stereocenters. The maximum Gasteiger partial charge on any atom is 0.410 e. The zero-order chi connectivity index (χ0) is 24.6. The number of aryl methyl sites for hydroxylation is 2. The van der Waals surface area contributed by atoms with E-state index < -0.39 is 0 Å². The molecule has 1 aromatic rings. The Bertz CT molecular complexity index is 907. The van der Waals surface area contributed by atoms with E-state index in [0.29, 0.717) is 12.0 Å². The van der Waals surface area contributed by atoms with Gasteiger partial charge in [0.05, 0.1) is 6.04 Å². The highest BCUT2D eigenvalue weighted by molar-refractivity contribution is 5.97. The summed E-state index contributed by atoms with van der Waals surface area (Å²) in [5, 5.41) is 0. The third-order valence-corrected chi connectivity index (χ3v) is 9.10. The Morgan fingerprint density at radius 1 is 1.03 bits per heavy atom. The van der Waals surface area contributed by atoms with E-state index in [1.54, 1.807) is 0 Å². The van der Waals surface area contributed by atoms with Crippen LogP contribution in [0.25, 0.3) is 0 Å². The van der Waals surface area contributed by atoms with Crippen LogP contribution in [0.4, 0.5) is 4.79 Å². The number of benzene rings is 1. The molecule has 35 heavy (non-hydrogen) atoms. The molecule has 0 N–H and O–H groups in total. The van der Waals surface area contributed by atoms with Crippen molar-refractivity contribution in [2.45, 2.75) is 96.2 Å². The van der Waals surface area contributed by atoms with Gasteiger partial charge in [-0.05, 0) is 63.0 Å². The Labute approximate surface area is 211 Å². The fourth-order valence-electron chi connectivity index (χ4n) is 6.76. The lowest BCUT2D eigenvalue weighted by Gasteiger charge is -2.46. The second kappa shape index (κ2) is 10.1. The van der Waals surface area contributed by atoms with Gasteiger partial charge in [-0.15, -0.1) is 0 Å². The van der Waals surface area contributed by atoms with Crippen molar-refractivity contribution in [1.29, 1.82) is 0 Å². The number of ether oxygens (including phenoxy) is 1. The van der Waals surface area contributed by atoms with E-state index in [2.05, 4.69) is 16.7 Å². The van der Waals surface area contributed by atoms with Crippen LogP contribution in [0.1, 0.15) is 86.2 Å². The molecule has 1 aliphatic carbocycles. The highest BCUT2D eigenvalue weighted by Crippen LogP contribution is 2.43. The first-order valence-corrected chi connectivity index (χ1v) is 14.0. The fraction of sp³-hybridized carbons (Fsp3) is 0.724. The third-order valence-electron chi connectivity index (χ3n) is 9.10. The van der Waals surface area contributed by atoms with Crippen LogP contribution in [-0.2, 0) is 4.74 Å². The van der Waals surface area contributed by atoms with Gasteiger partial charge in [0.15, 0.2) is 0 Å². The van der Waals surface area contributed by atoms with Crippen LogP contribution in [-0.4, -0.2) is 77.1 Å². The summed E-state index contributed by atoms with van der Waals surface area (Å²) in [4.78, 5) is 32.9. The van der Waals surface area contributed by atoms with Crippen LogP contribution < -0.4 is 0 Å². The number of hydrogen-bond acceptors (Lipinski definition) is 4. The zero-order valence-corrected chi connectivity index (χ0v) is 21.9. The van der Waals surface area contributed by atoms with Crippen molar-refractivity contribution < 1.29 is 14.3 Å². The second-order valence-corrected chi connectivity index (χ2v) is 11.5. The lowest BCUT2D eigenvalue weighted by atomic mass is 9.81. The topological polar surface area (TPSA) is 53.1 Å². The normalized spacial score (nSPS) is 25.3. The molecule has 1 atom stereocenters. The molecular formula is C29H43N3O3. The summed E-state index contributed by atoms with van der Waals surface area (Å²) in [6.07, 6.45) is 9.76. The minimum atomic E-state index is -0.295. The Balaban J connectivity index is 1.18. The summed E-state index contributed by atoms with van der Waals surface area (Å²) >= 11 is 0. The SMILES string of the molecule is CCCCC1N(CC2CC2)C(=O)OC12CCN(C1CCN(C(=O)c3c(C)cccc3C)CC1)CC2. The number of carbonyl (C=O) groups is 2. The molecule has 1 aromatic carbocycles. The number of rotatable bonds is 7. The molecule has 3 saturated heterocycles. The molecule has 0 bridgehead atoms. The molecular weight excluding hydrogens is 438 g/mol. The number of nitrogens with zero attached hydrogens (tertiary/aromatic N) is 3. The lowest BCUT2D eigenvalue weighted by Crippen LogP contribution is -2.56. The fourth-order valence-corrected chi connectivity index (χ4v) is 6.76. The molecule has 4 fully saturated rings. The van der Waals surface area contributed by atoms with Crippen molar-refractivity contribution in [3.8, 4) is 0 Å². The molecule has 1 spiro atoms. The number of carbonyl (C=O) groups excluding carboxylic acids is 2. The molecule has 192 valence electrons. The smallest absolute Gasteiger partial charge is 0.410 e. The van der Waals surface area contributed by atoms with Gasteiger partial charge in [0.2, 0.25) is 0 Å². The number of hydrogen-bond donors (Lipinski definition) is 0. The number of piperidine rings is 2. The number of likely N-dealkylation sites (tertiary alicyclic amines) is 2. The largest absolute Gasteiger partial charge is 0.440 e. The summed E-state index contributed by atoms with van der Waals surface area (Å²) in [6.45, 7) is 10.8. The molecule has 3 aliphatic heterocycles. The third kappa shape index (κ3) is 4.96. The molecule has 0 radical (unpaired) electrons. The summed E-state index contributed by atoms with van der Waals surface area (Å²) in [7, 11) is 0. The van der Waals surface area contributed by atoms with Crippen molar-refractivity contribution in [2.75, 3.05) is 32.7 Å². The van der Waals surface area contributed by atoms with Crippen molar-refractivity contribution >= 4 is 12.0 Å². The van der Waals surface area contributed by atoms with Crippen molar-refractivity contribution in [2.24, 2.45) is 5.92 Å². The molecule has 5 rings (SSSR count). The maximum absolute atomic E-state index is 13.2. The van der Waals surface area contributed by atoms with Gasteiger partial charge in [-0.3, -0.25) is 9.69 Å². The Hall–Kier alpha value is -2.08. The second-order valence-electron chi connectivity index (χ2n) is 11.5. The Morgan fingerprint density at radius 2 is 1.69 bits per heavy atom. The first-order chi connectivity index (χ1) is 16.9. The Morgan fingerprint density at radius 3 is 2.29 bits per heavy atom. The van der Waals surface area contributed by atoms with Crippen LogP contribution in [0.2, 0.25) is 0 Å². The van der Waals surface area contributed by atoms with Crippen LogP contribution in [0.5, 0.6) is 0 Å². The first-order valence-electron chi connectivity index (χ1n) is 14.0. The first kappa shape index (κ1) is 24.6. The van der Waals surface area contributed by atoms with Crippen LogP contribution in [0.3, 0.4) is 0 Å². The minimum Gasteiger partial charge on any atom is -0.440 e. The predicted molar refractivity (Wildman–Crippen MR) is 138 cm³/mol. The molecule has 4 aliphatic rings. The van der Waals surface area contributed by atoms with Gasteiger partial charge in [-0.25, -0.2) is 4.79 Å². The van der Waals surface area contributed by atoms with Gasteiger partial charge < -0.3 is 14.5 Å². The highest BCUT2D eigenvalue weighted by Gasteiger charge is 2.55. The van der Waals surface area contributed by atoms with Crippen molar-refractivity contribution in [3.63, 3.8) is 0 Å². The van der Waals surface area contributed by atoms with E-state index >= 15 is 0 Å². The van der Waals surface area contributed by atoms with Crippen molar-refractivity contribution in [3.05, 3.63) is 34.9 Å². The van der Waals surface area contributed by atoms with E-state index in [0.717, 1.165) is 94.4 Å². The van der Waals surface area contributed by atoms with Crippen LogP contribution in [0.15, 0.2) is 18.2 Å². The molecule has 2 amide bonds. The summed E-state index contributed by atoms with van der Waals surface area (Å²) in [5.41, 5.74) is 2.72. The van der Waals surface area contributed by atoms with Gasteiger partial charge >= 0.3 is 6.09 Å². The summed E-state index contributed by atoms with van der Waals surface area (Å²) in [5.74, 6) is 0.877. The van der Waals surface area contributed by atoms with E-state index in [9.17, 15) is 9.59 Å². The van der Waals surface area contributed by atoms with E-state index in [1.807, 2.05) is 36.9 Å². The van der Waals surface area contributed by atoms with E-state index in [4.69, 9.17) is 4.74 Å². The van der Waals surface area contributed by atoms with Gasteiger partial charge in [0.25, 0.3) is 5.91 Å². The number of unbranched alkanes of at least 4 members (excludes halogenated alkanes) is 1. The minimum absolute atomic E-state index is 0.0650. The monoisotopic (exact) mass is 481 g/mol. The molecule has 3 heterocycles. The average molecular weight is 482 g/mol. The van der Waals surface area contributed by atoms with E-state index in [-0.39, 0.29) is 23.6 Å². The maximum atomic E-state index is 13.2. The van der Waals surface area contributed by atoms with E-state index in [1.165, 1.54) is 12.8 Å². The summed E-state index contributed by atoms with van der Waals surface area (Å²) in [6, 6.07) is 6.85. The number of amides is 2. The lowest BCUT2D eigenvalue weighted by molar-refractivity contribution is -0.0382. The van der Waals surface area contributed by atoms with Crippen LogP contribution in [0, 0.1) is 19.8 Å². The standard InChI is InChI=1S/C29H43N3O3/c1-4-5-9-25-29(35-28(34)32(25)20-23-10-11-23)14-18-30(19-15-29)24-12-16-31(17-13-24)27(33)26-21(2)7-6-8-22(26)3/h6-8,23-25H,4-5,9-20H2,1-3H3. The van der Waals surface area contributed by atoms with Gasteiger partial charge in [-0.1, -0.05) is 38.0 Å². The summed E-state index contributed by atoms with van der Waals surface area (Å²) < 4.78 is 6.20. The molecule has 6 nitrogen and oxygen atoms in total. The average Bonchev–Trinajstić information content (AvgIpc) is 3.64. The van der Waals surface area contributed by atoms with Crippen molar-refractivity contribution in [1.82, 2.24) is 14.7 Å². The molecule has 0 aromatic heterocycles. The predicted octanol–water partition coefficient (Wildman–Crippen LogP) is 5.16. The highest BCUT2D eigenvalue weighted by atomic mass is 16.6. The van der Waals surface area contributed by atoms with Crippen LogP contribution >= 0.6 is 0 Å². The van der Waals surface area contributed by atoms with Gasteiger partial charge in [0, 0.05) is 57.2 Å². The van der Waals surface area contributed by atoms with Gasteiger partial charge in [-0.2, -0.15) is 0 Å². The van der Waals surface area contributed by atoms with Gasteiger partial charge in [0.1, 0.15) is 5.60 Å². The molecule has 6 heteroatoms. The molecule has 1 saturated carbocycles. The quantitative estimate of drug-likeness (QED) is 0.540. The Kier molecular flexibility index (Phi) is 7.11.